The van der Waals surface area contributed by atoms with Gasteiger partial charge in [0.1, 0.15) is 5.75 Å². The molecule has 41 heavy (non-hydrogen) atoms. The lowest BCUT2D eigenvalue weighted by Gasteiger charge is -2.46. The van der Waals surface area contributed by atoms with Gasteiger partial charge in [-0.2, -0.15) is 0 Å². The van der Waals surface area contributed by atoms with Crippen molar-refractivity contribution in [2.75, 3.05) is 37.5 Å². The van der Waals surface area contributed by atoms with Gasteiger partial charge < -0.3 is 14.4 Å². The number of allylic oxidation sites excluding steroid dienone is 1. The van der Waals surface area contributed by atoms with Crippen LogP contribution < -0.4 is 14.4 Å². The number of sulfonamides is 1. The predicted molar refractivity (Wildman–Crippen MR) is 161 cm³/mol. The van der Waals surface area contributed by atoms with Crippen molar-refractivity contribution in [1.29, 1.82) is 0 Å². The number of anilines is 1. The van der Waals surface area contributed by atoms with Crippen LogP contribution in [-0.2, 0) is 26.6 Å². The summed E-state index contributed by atoms with van der Waals surface area (Å²) in [6.45, 7) is 3.96. The van der Waals surface area contributed by atoms with Gasteiger partial charge in [-0.15, -0.1) is 0 Å². The zero-order valence-corrected chi connectivity index (χ0v) is 25.3. The predicted octanol–water partition coefficient (Wildman–Crippen LogP) is 5.51. The van der Waals surface area contributed by atoms with Gasteiger partial charge in [0.15, 0.2) is 0 Å². The second kappa shape index (κ2) is 11.3. The van der Waals surface area contributed by atoms with Crippen LogP contribution in [0.1, 0.15) is 60.5 Å². The highest BCUT2D eigenvalue weighted by Gasteiger charge is 2.44. The van der Waals surface area contributed by atoms with Crippen molar-refractivity contribution in [1.82, 2.24) is 4.72 Å². The number of halogens is 1. The van der Waals surface area contributed by atoms with E-state index in [0.717, 1.165) is 61.7 Å². The number of amides is 1. The van der Waals surface area contributed by atoms with Gasteiger partial charge in [-0.25, -0.2) is 13.1 Å². The minimum absolute atomic E-state index is 0.0225. The van der Waals surface area contributed by atoms with Gasteiger partial charge in [0.25, 0.3) is 5.91 Å². The van der Waals surface area contributed by atoms with Crippen LogP contribution in [-0.4, -0.2) is 53.0 Å². The molecule has 0 radical (unpaired) electrons. The Balaban J connectivity index is 1.42. The molecule has 6 rings (SSSR count). The number of methoxy groups -OCH3 is 1. The molecule has 9 heteroatoms. The molecule has 1 N–H and O–H groups in total. The number of benzene rings is 2. The molecule has 0 unspecified atom stereocenters. The summed E-state index contributed by atoms with van der Waals surface area (Å²) in [5.74, 6) is 0.634. The molecule has 2 heterocycles. The summed E-state index contributed by atoms with van der Waals surface area (Å²) < 4.78 is 40.5. The monoisotopic (exact) mass is 598 g/mol. The number of nitrogens with one attached hydrogen (secondary N) is 1. The van der Waals surface area contributed by atoms with Gasteiger partial charge >= 0.3 is 0 Å². The molecule has 1 spiro atoms. The average molecular weight is 599 g/mol. The summed E-state index contributed by atoms with van der Waals surface area (Å²) in [6, 6.07) is 11.5. The Morgan fingerprint density at radius 3 is 2.80 bits per heavy atom. The molecule has 2 aliphatic carbocycles. The SMILES string of the molecule is CO[C@H]1/C=C/C[C@@H](C)CS(=O)(=O)NC(=O)c2ccc3c(c2)N(C[C@@H]2CC[C@H]21)C[C@@]1(CCCc2cc(Cl)ccc21)CO3. The third kappa shape index (κ3) is 5.75. The van der Waals surface area contributed by atoms with E-state index in [1.165, 1.54) is 11.1 Å². The van der Waals surface area contributed by atoms with E-state index in [0.29, 0.717) is 30.4 Å². The molecule has 7 nitrogen and oxygen atoms in total. The summed E-state index contributed by atoms with van der Waals surface area (Å²) in [4.78, 5) is 15.6. The summed E-state index contributed by atoms with van der Waals surface area (Å²) in [6.07, 6.45) is 9.95. The summed E-state index contributed by atoms with van der Waals surface area (Å²) in [7, 11) is -2.05. The van der Waals surface area contributed by atoms with Crippen LogP contribution in [0.2, 0.25) is 5.02 Å². The van der Waals surface area contributed by atoms with E-state index < -0.39 is 15.9 Å². The highest BCUT2D eigenvalue weighted by atomic mass is 35.5. The average Bonchev–Trinajstić information content (AvgIpc) is 3.06. The van der Waals surface area contributed by atoms with Crippen LogP contribution in [0, 0.1) is 17.8 Å². The van der Waals surface area contributed by atoms with E-state index in [9.17, 15) is 13.2 Å². The number of hydrogen-bond donors (Lipinski definition) is 1. The molecule has 2 aromatic carbocycles. The van der Waals surface area contributed by atoms with E-state index in [-0.39, 0.29) is 23.2 Å². The zero-order chi connectivity index (χ0) is 28.8. The topological polar surface area (TPSA) is 84.9 Å². The van der Waals surface area contributed by atoms with Crippen LogP contribution in [0.25, 0.3) is 0 Å². The molecule has 2 aromatic rings. The maximum absolute atomic E-state index is 13.2. The van der Waals surface area contributed by atoms with Gasteiger partial charge in [0.05, 0.1) is 24.2 Å². The molecular formula is C32H39ClN2O5S. The fraction of sp³-hybridized carbons (Fsp3) is 0.531. The molecule has 5 atom stereocenters. The van der Waals surface area contributed by atoms with E-state index in [2.05, 4.69) is 27.8 Å². The molecule has 2 bridgehead atoms. The number of hydrogen-bond acceptors (Lipinski definition) is 6. The summed E-state index contributed by atoms with van der Waals surface area (Å²) in [5.41, 5.74) is 3.49. The van der Waals surface area contributed by atoms with Crippen LogP contribution in [0.5, 0.6) is 5.75 Å². The first-order valence-electron chi connectivity index (χ1n) is 14.7. The Morgan fingerprint density at radius 1 is 1.17 bits per heavy atom. The summed E-state index contributed by atoms with van der Waals surface area (Å²) >= 11 is 6.39. The minimum atomic E-state index is -3.81. The normalized spacial score (nSPS) is 32.0. The van der Waals surface area contributed by atoms with E-state index in [4.69, 9.17) is 21.1 Å². The number of carbonyl (C=O) groups is 1. The number of carbonyl (C=O) groups excluding carboxylic acids is 1. The molecular weight excluding hydrogens is 560 g/mol. The lowest BCUT2D eigenvalue weighted by Crippen LogP contribution is -2.49. The molecule has 220 valence electrons. The second-order valence-corrected chi connectivity index (χ2v) is 14.7. The Morgan fingerprint density at radius 2 is 2.02 bits per heavy atom. The van der Waals surface area contributed by atoms with Gasteiger partial charge in [0.2, 0.25) is 10.0 Å². The molecule has 4 aliphatic rings. The molecule has 1 fully saturated rings. The highest BCUT2D eigenvalue weighted by molar-refractivity contribution is 7.90. The van der Waals surface area contributed by atoms with Crippen molar-refractivity contribution in [3.63, 3.8) is 0 Å². The number of aryl methyl sites for hydroxylation is 1. The molecule has 1 amide bonds. The number of rotatable bonds is 1. The van der Waals surface area contributed by atoms with Crippen molar-refractivity contribution in [2.45, 2.75) is 57.0 Å². The van der Waals surface area contributed by atoms with Crippen molar-refractivity contribution in [3.8, 4) is 5.75 Å². The summed E-state index contributed by atoms with van der Waals surface area (Å²) in [5, 5.41) is 0.750. The maximum Gasteiger partial charge on any atom is 0.264 e. The van der Waals surface area contributed by atoms with Crippen molar-refractivity contribution in [3.05, 3.63) is 70.3 Å². The van der Waals surface area contributed by atoms with Gasteiger partial charge in [-0.3, -0.25) is 4.79 Å². The first-order valence-corrected chi connectivity index (χ1v) is 16.7. The molecule has 1 saturated carbocycles. The van der Waals surface area contributed by atoms with Crippen LogP contribution in [0.3, 0.4) is 0 Å². The standard InChI is InChI=1S/C32H39ClN2O5S/c1-21-5-3-7-29(39-2)26-11-8-24(26)17-35-19-32(14-4-6-22-15-25(33)10-12-27(22)32)20-40-30-13-9-23(16-28(30)35)31(36)34-41(37,38)18-21/h3,7,9-10,12-13,15-16,21,24,26,29H,4-6,8,11,14,17-20H2,1-2H3,(H,34,36)/b7-3+/t21-,24+,26-,29+,32+/m1/s1. The first kappa shape index (κ1) is 28.6. The lowest BCUT2D eigenvalue weighted by atomic mass is 9.68. The smallest absolute Gasteiger partial charge is 0.264 e. The third-order valence-corrected chi connectivity index (χ3v) is 11.3. The third-order valence-electron chi connectivity index (χ3n) is 9.54. The van der Waals surface area contributed by atoms with Crippen LogP contribution >= 0.6 is 11.6 Å². The van der Waals surface area contributed by atoms with Crippen LogP contribution in [0.4, 0.5) is 5.69 Å². The maximum atomic E-state index is 13.2. The first-order chi connectivity index (χ1) is 19.7. The zero-order valence-electron chi connectivity index (χ0n) is 23.8. The lowest BCUT2D eigenvalue weighted by molar-refractivity contribution is 0.0131. The molecule has 2 aliphatic heterocycles. The second-order valence-electron chi connectivity index (χ2n) is 12.5. The minimum Gasteiger partial charge on any atom is -0.490 e. The molecule has 0 saturated heterocycles. The van der Waals surface area contributed by atoms with Crippen molar-refractivity contribution < 1.29 is 22.7 Å². The fourth-order valence-corrected chi connectivity index (χ4v) is 8.88. The Hall–Kier alpha value is -2.55. The number of fused-ring (bicyclic) bond motifs is 4. The quantitative estimate of drug-likeness (QED) is 0.436. The van der Waals surface area contributed by atoms with E-state index in [1.807, 2.05) is 31.2 Å². The van der Waals surface area contributed by atoms with Gasteiger partial charge in [0, 0.05) is 36.2 Å². The van der Waals surface area contributed by atoms with Gasteiger partial charge in [-0.05, 0) is 97.7 Å². The highest BCUT2D eigenvalue weighted by Crippen LogP contribution is 2.47. The fourth-order valence-electron chi connectivity index (χ4n) is 7.32. The van der Waals surface area contributed by atoms with E-state index >= 15 is 0 Å². The van der Waals surface area contributed by atoms with Crippen molar-refractivity contribution >= 4 is 33.2 Å². The van der Waals surface area contributed by atoms with Gasteiger partial charge in [-0.1, -0.05) is 36.7 Å². The largest absolute Gasteiger partial charge is 0.490 e. The Kier molecular flexibility index (Phi) is 7.85. The Bertz CT molecular complexity index is 1460. The van der Waals surface area contributed by atoms with E-state index in [1.54, 1.807) is 13.2 Å². The van der Waals surface area contributed by atoms with Crippen molar-refractivity contribution in [2.24, 2.45) is 17.8 Å². The Labute approximate surface area is 248 Å². The number of ether oxygens (including phenoxy) is 2. The van der Waals surface area contributed by atoms with Crippen LogP contribution in [0.15, 0.2) is 48.6 Å². The molecule has 0 aromatic heterocycles. The number of nitrogens with zero attached hydrogens (tertiary/aromatic N) is 1.